The monoisotopic (exact) mass is 233 g/mol. The van der Waals surface area contributed by atoms with E-state index in [1.165, 1.54) is 31.4 Å². The van der Waals surface area contributed by atoms with Crippen molar-refractivity contribution in [3.63, 3.8) is 0 Å². The molecule has 1 saturated carbocycles. The molecule has 1 fully saturated rings. The van der Waals surface area contributed by atoms with E-state index in [0.29, 0.717) is 0 Å². The summed E-state index contributed by atoms with van der Waals surface area (Å²) in [5.41, 5.74) is 2.24. The summed E-state index contributed by atoms with van der Waals surface area (Å²) in [6.45, 7) is 2.96. The second kappa shape index (κ2) is 5.54. The third kappa shape index (κ3) is 3.22. The lowest BCUT2D eigenvalue weighted by Gasteiger charge is -2.23. The smallest absolute Gasteiger partial charge is 0.0761 e. The van der Waals surface area contributed by atoms with Gasteiger partial charge in [0.25, 0.3) is 0 Å². The molecule has 0 radical (unpaired) electrons. The molecule has 1 aliphatic rings. The molecule has 2 rings (SSSR count). The van der Waals surface area contributed by atoms with Gasteiger partial charge in [0.1, 0.15) is 0 Å². The Labute approximate surface area is 104 Å². The molecule has 0 aromatic heterocycles. The standard InChI is InChI=1S/C15H23NO/c1-12(17)14-7-9-15(10-8-14)16(2)11-13-5-3-4-6-13/h7-10,12-13,17H,3-6,11H2,1-2H3/t12-/m0/s1. The van der Waals surface area contributed by atoms with Crippen LogP contribution in [0.3, 0.4) is 0 Å². The lowest BCUT2D eigenvalue weighted by Crippen LogP contribution is -2.23. The van der Waals surface area contributed by atoms with Crippen molar-refractivity contribution in [2.45, 2.75) is 38.7 Å². The number of hydrogen-bond donors (Lipinski definition) is 1. The van der Waals surface area contributed by atoms with Gasteiger partial charge in [0.05, 0.1) is 6.10 Å². The van der Waals surface area contributed by atoms with Gasteiger partial charge in [0.2, 0.25) is 0 Å². The fourth-order valence-electron chi connectivity index (χ4n) is 2.69. The molecular weight excluding hydrogens is 210 g/mol. The van der Waals surface area contributed by atoms with Crippen LogP contribution < -0.4 is 4.90 Å². The first-order valence-electron chi connectivity index (χ1n) is 6.66. The number of aliphatic hydroxyl groups excluding tert-OH is 1. The molecule has 0 heterocycles. The fourth-order valence-corrected chi connectivity index (χ4v) is 2.69. The zero-order valence-corrected chi connectivity index (χ0v) is 10.9. The van der Waals surface area contributed by atoms with E-state index in [9.17, 15) is 5.11 Å². The van der Waals surface area contributed by atoms with Crippen LogP contribution in [0.2, 0.25) is 0 Å². The minimum Gasteiger partial charge on any atom is -0.389 e. The Bertz CT molecular complexity index is 338. The molecule has 0 bridgehead atoms. The molecule has 0 amide bonds. The Morgan fingerprint density at radius 1 is 1.24 bits per heavy atom. The zero-order valence-electron chi connectivity index (χ0n) is 10.9. The van der Waals surface area contributed by atoms with Crippen molar-refractivity contribution in [1.82, 2.24) is 0 Å². The van der Waals surface area contributed by atoms with Gasteiger partial charge in [0, 0.05) is 19.3 Å². The van der Waals surface area contributed by atoms with Crippen LogP contribution in [0.15, 0.2) is 24.3 Å². The quantitative estimate of drug-likeness (QED) is 0.862. The minimum absolute atomic E-state index is 0.371. The van der Waals surface area contributed by atoms with E-state index in [0.717, 1.165) is 18.0 Å². The fraction of sp³-hybridized carbons (Fsp3) is 0.600. The van der Waals surface area contributed by atoms with Crippen molar-refractivity contribution >= 4 is 5.69 Å². The molecular formula is C15H23NO. The summed E-state index contributed by atoms with van der Waals surface area (Å²) >= 11 is 0. The molecule has 1 N–H and O–H groups in total. The molecule has 2 heteroatoms. The SMILES string of the molecule is C[C@H](O)c1ccc(N(C)CC2CCCC2)cc1. The highest BCUT2D eigenvalue weighted by atomic mass is 16.3. The van der Waals surface area contributed by atoms with Crippen LogP contribution in [-0.4, -0.2) is 18.7 Å². The van der Waals surface area contributed by atoms with Gasteiger partial charge in [-0.15, -0.1) is 0 Å². The first kappa shape index (κ1) is 12.4. The molecule has 0 unspecified atom stereocenters. The minimum atomic E-state index is -0.371. The number of nitrogens with zero attached hydrogens (tertiary/aromatic N) is 1. The number of aliphatic hydroxyl groups is 1. The highest BCUT2D eigenvalue weighted by molar-refractivity contribution is 5.47. The Balaban J connectivity index is 1.96. The van der Waals surface area contributed by atoms with Crippen LogP contribution in [-0.2, 0) is 0 Å². The largest absolute Gasteiger partial charge is 0.389 e. The third-order valence-corrected chi connectivity index (χ3v) is 3.82. The van der Waals surface area contributed by atoms with Crippen LogP contribution in [0, 0.1) is 5.92 Å². The van der Waals surface area contributed by atoms with Crippen molar-refractivity contribution in [2.24, 2.45) is 5.92 Å². The maximum absolute atomic E-state index is 9.47. The lowest BCUT2D eigenvalue weighted by atomic mass is 10.1. The normalized spacial score (nSPS) is 18.3. The van der Waals surface area contributed by atoms with Crippen molar-refractivity contribution < 1.29 is 5.11 Å². The maximum Gasteiger partial charge on any atom is 0.0761 e. The van der Waals surface area contributed by atoms with Gasteiger partial charge < -0.3 is 10.0 Å². The van der Waals surface area contributed by atoms with E-state index in [1.807, 2.05) is 12.1 Å². The van der Waals surface area contributed by atoms with E-state index in [2.05, 4.69) is 24.1 Å². The van der Waals surface area contributed by atoms with Crippen LogP contribution in [0.25, 0.3) is 0 Å². The number of anilines is 1. The van der Waals surface area contributed by atoms with Crippen molar-refractivity contribution in [3.8, 4) is 0 Å². The first-order chi connectivity index (χ1) is 8.16. The van der Waals surface area contributed by atoms with Crippen molar-refractivity contribution in [1.29, 1.82) is 0 Å². The van der Waals surface area contributed by atoms with Gasteiger partial charge >= 0.3 is 0 Å². The highest BCUT2D eigenvalue weighted by Crippen LogP contribution is 2.27. The number of benzene rings is 1. The summed E-state index contributed by atoms with van der Waals surface area (Å²) in [4.78, 5) is 2.34. The van der Waals surface area contributed by atoms with Gasteiger partial charge in [-0.05, 0) is 43.4 Å². The second-order valence-corrected chi connectivity index (χ2v) is 5.30. The zero-order chi connectivity index (χ0) is 12.3. The molecule has 0 aliphatic heterocycles. The number of hydrogen-bond acceptors (Lipinski definition) is 2. The Kier molecular flexibility index (Phi) is 4.06. The topological polar surface area (TPSA) is 23.5 Å². The first-order valence-corrected chi connectivity index (χ1v) is 6.66. The van der Waals surface area contributed by atoms with Crippen LogP contribution in [0.5, 0.6) is 0 Å². The molecule has 2 nitrogen and oxygen atoms in total. The van der Waals surface area contributed by atoms with Crippen LogP contribution in [0.4, 0.5) is 5.69 Å². The van der Waals surface area contributed by atoms with Crippen molar-refractivity contribution in [2.75, 3.05) is 18.5 Å². The van der Waals surface area contributed by atoms with Gasteiger partial charge in [0.15, 0.2) is 0 Å². The van der Waals surface area contributed by atoms with Crippen molar-refractivity contribution in [3.05, 3.63) is 29.8 Å². The Morgan fingerprint density at radius 3 is 2.35 bits per heavy atom. The summed E-state index contributed by atoms with van der Waals surface area (Å²) in [5.74, 6) is 0.872. The van der Waals surface area contributed by atoms with Gasteiger partial charge in [-0.25, -0.2) is 0 Å². The molecule has 17 heavy (non-hydrogen) atoms. The highest BCUT2D eigenvalue weighted by Gasteiger charge is 2.16. The molecule has 1 aromatic rings. The molecule has 94 valence electrons. The second-order valence-electron chi connectivity index (χ2n) is 5.30. The molecule has 1 aromatic carbocycles. The maximum atomic E-state index is 9.47. The molecule has 1 atom stereocenters. The van der Waals surface area contributed by atoms with E-state index < -0.39 is 0 Å². The van der Waals surface area contributed by atoms with Crippen LogP contribution >= 0.6 is 0 Å². The summed E-state index contributed by atoms with van der Waals surface area (Å²) in [5, 5.41) is 9.47. The Hall–Kier alpha value is -1.02. The summed E-state index contributed by atoms with van der Waals surface area (Å²) in [7, 11) is 2.16. The van der Waals surface area contributed by atoms with Gasteiger partial charge in [-0.1, -0.05) is 25.0 Å². The summed E-state index contributed by atoms with van der Waals surface area (Å²) in [6, 6.07) is 8.25. The van der Waals surface area contributed by atoms with Crippen LogP contribution in [0.1, 0.15) is 44.3 Å². The number of rotatable bonds is 4. The van der Waals surface area contributed by atoms with Gasteiger partial charge in [-0.3, -0.25) is 0 Å². The molecule has 0 saturated heterocycles. The van der Waals surface area contributed by atoms with E-state index in [4.69, 9.17) is 0 Å². The molecule has 1 aliphatic carbocycles. The summed E-state index contributed by atoms with van der Waals surface area (Å²) in [6.07, 6.45) is 5.20. The predicted molar refractivity (Wildman–Crippen MR) is 72.3 cm³/mol. The molecule has 0 spiro atoms. The van der Waals surface area contributed by atoms with E-state index in [1.54, 1.807) is 6.92 Å². The summed E-state index contributed by atoms with van der Waals surface area (Å²) < 4.78 is 0. The predicted octanol–water partition coefficient (Wildman–Crippen LogP) is 3.37. The third-order valence-electron chi connectivity index (χ3n) is 3.82. The average molecular weight is 233 g/mol. The Morgan fingerprint density at radius 2 is 1.82 bits per heavy atom. The van der Waals surface area contributed by atoms with Gasteiger partial charge in [-0.2, -0.15) is 0 Å². The average Bonchev–Trinajstić information content (AvgIpc) is 2.82. The van der Waals surface area contributed by atoms with E-state index >= 15 is 0 Å². The van der Waals surface area contributed by atoms with E-state index in [-0.39, 0.29) is 6.10 Å². The lowest BCUT2D eigenvalue weighted by molar-refractivity contribution is 0.199.